The van der Waals surface area contributed by atoms with Gasteiger partial charge in [0.2, 0.25) is 5.91 Å². The Bertz CT molecular complexity index is 398. The van der Waals surface area contributed by atoms with Crippen LogP contribution in [-0.2, 0) is 4.79 Å². The van der Waals surface area contributed by atoms with Crippen LogP contribution in [0.5, 0.6) is 0 Å². The largest absolute Gasteiger partial charge is 0.330 e. The summed E-state index contributed by atoms with van der Waals surface area (Å²) in [5.74, 6) is 0.344. The molecule has 0 saturated heterocycles. The lowest BCUT2D eigenvalue weighted by Gasteiger charge is -2.10. The highest BCUT2D eigenvalue weighted by molar-refractivity contribution is 9.10. The van der Waals surface area contributed by atoms with Gasteiger partial charge in [-0.15, -0.1) is 0 Å². The van der Waals surface area contributed by atoms with E-state index >= 15 is 0 Å². The first-order valence-electron chi connectivity index (χ1n) is 5.48. The lowest BCUT2D eigenvalue weighted by molar-refractivity contribution is -0.116. The molecule has 1 aromatic rings. The fourth-order valence-corrected chi connectivity index (χ4v) is 1.82. The highest BCUT2D eigenvalue weighted by atomic mass is 79.9. The molecule has 0 spiro atoms. The quantitative estimate of drug-likeness (QED) is 0.873. The van der Waals surface area contributed by atoms with E-state index in [9.17, 15) is 4.79 Å². The molecule has 3 nitrogen and oxygen atoms in total. The summed E-state index contributed by atoms with van der Waals surface area (Å²) in [6.07, 6.45) is 1.26. The molecule has 17 heavy (non-hydrogen) atoms. The Kier molecular flexibility index (Phi) is 5.95. The second-order valence-electron chi connectivity index (χ2n) is 4.05. The lowest BCUT2D eigenvalue weighted by atomic mass is 10.1. The van der Waals surface area contributed by atoms with Crippen LogP contribution in [0.2, 0.25) is 5.02 Å². The van der Waals surface area contributed by atoms with Crippen LogP contribution in [0, 0.1) is 5.92 Å². The molecule has 3 N–H and O–H groups in total. The number of nitrogens with two attached hydrogens (primary N) is 1. The third kappa shape index (κ3) is 5.06. The van der Waals surface area contributed by atoms with Crippen molar-refractivity contribution in [2.75, 3.05) is 11.9 Å². The number of rotatable bonds is 5. The Morgan fingerprint density at radius 2 is 2.29 bits per heavy atom. The lowest BCUT2D eigenvalue weighted by Crippen LogP contribution is -2.16. The van der Waals surface area contributed by atoms with E-state index in [4.69, 9.17) is 17.3 Å². The van der Waals surface area contributed by atoms with Gasteiger partial charge in [0.05, 0.1) is 5.69 Å². The van der Waals surface area contributed by atoms with E-state index < -0.39 is 0 Å². The maximum Gasteiger partial charge on any atom is 0.224 e. The highest BCUT2D eigenvalue weighted by Gasteiger charge is 2.08. The van der Waals surface area contributed by atoms with Crippen LogP contribution in [-0.4, -0.2) is 12.5 Å². The van der Waals surface area contributed by atoms with Crippen LogP contribution in [0.1, 0.15) is 19.8 Å². The molecule has 1 rings (SSSR count). The number of nitrogens with one attached hydrogen (secondary N) is 1. The number of anilines is 1. The van der Waals surface area contributed by atoms with E-state index in [0.29, 0.717) is 29.6 Å². The third-order valence-corrected chi connectivity index (χ3v) is 3.40. The van der Waals surface area contributed by atoms with Crippen molar-refractivity contribution < 1.29 is 4.79 Å². The van der Waals surface area contributed by atoms with Gasteiger partial charge in [0, 0.05) is 15.9 Å². The zero-order valence-corrected chi connectivity index (χ0v) is 12.0. The topological polar surface area (TPSA) is 55.1 Å². The first-order valence-corrected chi connectivity index (χ1v) is 6.65. The second kappa shape index (κ2) is 6.99. The SMILES string of the molecule is CC(CN)CCC(=O)Nc1cc(Cl)ccc1Br. The number of amides is 1. The molecule has 0 aliphatic rings. The molecule has 1 unspecified atom stereocenters. The molecule has 0 aliphatic carbocycles. The monoisotopic (exact) mass is 318 g/mol. The molecule has 0 aromatic heterocycles. The molecule has 5 heteroatoms. The normalized spacial score (nSPS) is 12.2. The number of hydrogen-bond donors (Lipinski definition) is 2. The predicted octanol–water partition coefficient (Wildman–Crippen LogP) is 3.42. The van der Waals surface area contributed by atoms with Crippen molar-refractivity contribution in [1.82, 2.24) is 0 Å². The van der Waals surface area contributed by atoms with E-state index in [1.54, 1.807) is 18.2 Å². The first kappa shape index (κ1) is 14.5. The molecule has 0 bridgehead atoms. The predicted molar refractivity (Wildman–Crippen MR) is 75.2 cm³/mol. The molecule has 1 amide bonds. The van der Waals surface area contributed by atoms with Crippen molar-refractivity contribution >= 4 is 39.1 Å². The molecular formula is C12H16BrClN2O. The Labute approximate surface area is 115 Å². The maximum atomic E-state index is 11.7. The summed E-state index contributed by atoms with van der Waals surface area (Å²) >= 11 is 9.22. The Morgan fingerprint density at radius 3 is 2.94 bits per heavy atom. The van der Waals surface area contributed by atoms with Crippen LogP contribution in [0.4, 0.5) is 5.69 Å². The number of halogens is 2. The smallest absolute Gasteiger partial charge is 0.224 e. The van der Waals surface area contributed by atoms with Gasteiger partial charge in [-0.3, -0.25) is 4.79 Å². The first-order chi connectivity index (χ1) is 8.02. The van der Waals surface area contributed by atoms with Gasteiger partial charge in [-0.2, -0.15) is 0 Å². The molecule has 1 atom stereocenters. The van der Waals surface area contributed by atoms with E-state index in [1.807, 2.05) is 6.92 Å². The van der Waals surface area contributed by atoms with Gasteiger partial charge in [0.1, 0.15) is 0 Å². The molecule has 0 heterocycles. The van der Waals surface area contributed by atoms with E-state index in [2.05, 4.69) is 21.2 Å². The van der Waals surface area contributed by atoms with E-state index in [0.717, 1.165) is 10.9 Å². The van der Waals surface area contributed by atoms with Crippen LogP contribution >= 0.6 is 27.5 Å². The minimum absolute atomic E-state index is 0.0201. The van der Waals surface area contributed by atoms with Gasteiger partial charge in [0.15, 0.2) is 0 Å². The molecular weight excluding hydrogens is 304 g/mol. The van der Waals surface area contributed by atoms with Crippen molar-refractivity contribution in [1.29, 1.82) is 0 Å². The fourth-order valence-electron chi connectivity index (χ4n) is 1.30. The number of hydrogen-bond acceptors (Lipinski definition) is 2. The van der Waals surface area contributed by atoms with E-state index in [-0.39, 0.29) is 5.91 Å². The summed E-state index contributed by atoms with van der Waals surface area (Å²) in [5.41, 5.74) is 6.20. The second-order valence-corrected chi connectivity index (χ2v) is 5.34. The zero-order chi connectivity index (χ0) is 12.8. The number of carbonyl (C=O) groups is 1. The Morgan fingerprint density at radius 1 is 1.59 bits per heavy atom. The Hall–Kier alpha value is -0.580. The van der Waals surface area contributed by atoms with Gasteiger partial charge < -0.3 is 11.1 Å². The van der Waals surface area contributed by atoms with Gasteiger partial charge in [-0.25, -0.2) is 0 Å². The summed E-state index contributed by atoms with van der Waals surface area (Å²) in [7, 11) is 0. The van der Waals surface area contributed by atoms with Crippen molar-refractivity contribution in [2.45, 2.75) is 19.8 Å². The highest BCUT2D eigenvalue weighted by Crippen LogP contribution is 2.26. The van der Waals surface area contributed by atoms with Crippen molar-refractivity contribution in [3.63, 3.8) is 0 Å². The van der Waals surface area contributed by atoms with Crippen LogP contribution in [0.25, 0.3) is 0 Å². The summed E-state index contributed by atoms with van der Waals surface area (Å²) in [6, 6.07) is 5.29. The van der Waals surface area contributed by atoms with Gasteiger partial charge in [-0.1, -0.05) is 18.5 Å². The van der Waals surface area contributed by atoms with Crippen LogP contribution in [0.15, 0.2) is 22.7 Å². The summed E-state index contributed by atoms with van der Waals surface area (Å²) in [5, 5.41) is 3.42. The van der Waals surface area contributed by atoms with E-state index in [1.165, 1.54) is 0 Å². The van der Waals surface area contributed by atoms with Crippen LogP contribution in [0.3, 0.4) is 0 Å². The van der Waals surface area contributed by atoms with Crippen LogP contribution < -0.4 is 11.1 Å². The third-order valence-electron chi connectivity index (χ3n) is 2.47. The maximum absolute atomic E-state index is 11.7. The zero-order valence-electron chi connectivity index (χ0n) is 9.67. The van der Waals surface area contributed by atoms with Gasteiger partial charge >= 0.3 is 0 Å². The fraction of sp³-hybridized carbons (Fsp3) is 0.417. The minimum atomic E-state index is -0.0201. The van der Waals surface area contributed by atoms with Crippen molar-refractivity contribution in [2.24, 2.45) is 11.7 Å². The number of benzene rings is 1. The number of carbonyl (C=O) groups excluding carboxylic acids is 1. The molecule has 0 radical (unpaired) electrons. The molecule has 1 aromatic carbocycles. The van der Waals surface area contributed by atoms with Crippen molar-refractivity contribution in [3.05, 3.63) is 27.7 Å². The minimum Gasteiger partial charge on any atom is -0.330 e. The molecule has 0 aliphatic heterocycles. The Balaban J connectivity index is 2.53. The van der Waals surface area contributed by atoms with Crippen molar-refractivity contribution in [3.8, 4) is 0 Å². The molecule has 0 saturated carbocycles. The van der Waals surface area contributed by atoms with Gasteiger partial charge in [0.25, 0.3) is 0 Å². The standard InChI is InChI=1S/C12H16BrClN2O/c1-8(7-15)2-5-12(17)16-11-6-9(14)3-4-10(11)13/h3-4,6,8H,2,5,7,15H2,1H3,(H,16,17). The summed E-state index contributed by atoms with van der Waals surface area (Å²) in [4.78, 5) is 11.7. The average molecular weight is 320 g/mol. The summed E-state index contributed by atoms with van der Waals surface area (Å²) in [6.45, 7) is 2.64. The summed E-state index contributed by atoms with van der Waals surface area (Å²) < 4.78 is 0.821. The average Bonchev–Trinajstić information content (AvgIpc) is 2.30. The molecule has 94 valence electrons. The molecule has 0 fully saturated rings. The van der Waals surface area contributed by atoms with Gasteiger partial charge in [-0.05, 0) is 53.0 Å².